The van der Waals surface area contributed by atoms with Gasteiger partial charge in [0.2, 0.25) is 5.60 Å². The highest BCUT2D eigenvalue weighted by molar-refractivity contribution is 7.52. The van der Waals surface area contributed by atoms with Crippen LogP contribution in [0.5, 0.6) is 5.75 Å². The number of rotatable bonds is 15. The molecule has 17 nitrogen and oxygen atoms in total. The number of hydrogen-bond acceptors (Lipinski definition) is 15. The third-order valence-corrected chi connectivity index (χ3v) is 10.6. The predicted molar refractivity (Wildman–Crippen MR) is 184 cm³/mol. The number of nitrogens with zero attached hydrogens (tertiary/aromatic N) is 4. The number of nitrogens with two attached hydrogens (primary N) is 2. The van der Waals surface area contributed by atoms with E-state index in [1.54, 1.807) is 44.2 Å². The average Bonchev–Trinajstić information content (AvgIpc) is 3.70. The molecule has 280 valence electrons. The summed E-state index contributed by atoms with van der Waals surface area (Å²) in [6.45, 7) is 3.87. The van der Waals surface area contributed by atoms with Crippen molar-refractivity contribution in [2.24, 2.45) is 11.7 Å². The Kier molecular flexibility index (Phi) is 12.5. The summed E-state index contributed by atoms with van der Waals surface area (Å²) in [7, 11) is -4.56. The largest absolute Gasteiger partial charge is 0.464 e. The monoisotopic (exact) mass is 741 g/mol. The van der Waals surface area contributed by atoms with Crippen LogP contribution in [0.3, 0.4) is 0 Å². The Balaban J connectivity index is 1.45. The molecule has 5 rings (SSSR count). The number of fused-ring (bicyclic) bond motifs is 1. The summed E-state index contributed by atoms with van der Waals surface area (Å²) in [6.07, 6.45) is 0.126. The molecule has 2 aromatic heterocycles. The van der Waals surface area contributed by atoms with Gasteiger partial charge < -0.3 is 34.9 Å². The van der Waals surface area contributed by atoms with Crippen LogP contribution < -0.4 is 21.1 Å². The van der Waals surface area contributed by atoms with Gasteiger partial charge in [-0.25, -0.2) is 14.1 Å². The van der Waals surface area contributed by atoms with Crippen molar-refractivity contribution in [2.45, 2.75) is 95.3 Å². The summed E-state index contributed by atoms with van der Waals surface area (Å²) in [5.41, 5.74) is 10.5. The van der Waals surface area contributed by atoms with E-state index in [1.165, 1.54) is 29.9 Å². The molecular weight excluding hydrogens is 697 g/mol. The second-order valence-corrected chi connectivity index (χ2v) is 14.4. The fraction of sp³-hybridized carbons (Fsp3) is 0.529. The molecule has 1 unspecified atom stereocenters. The number of carbonyl (C=O) groups is 3. The van der Waals surface area contributed by atoms with E-state index in [0.717, 1.165) is 25.7 Å². The van der Waals surface area contributed by atoms with Crippen molar-refractivity contribution < 1.29 is 46.9 Å². The number of nitriles is 1. The molecule has 6 atom stereocenters. The normalized spacial score (nSPS) is 26.1. The lowest BCUT2D eigenvalue weighted by molar-refractivity contribution is -0.169. The molecule has 0 amide bonds. The van der Waals surface area contributed by atoms with Gasteiger partial charge in [0.05, 0.1) is 12.3 Å². The molecule has 18 heteroatoms. The number of carbonyl (C=O) groups excluding carboxylic acids is 3. The minimum atomic E-state index is -4.56. The highest BCUT2D eigenvalue weighted by atomic mass is 31.2. The lowest BCUT2D eigenvalue weighted by Gasteiger charge is -2.30. The summed E-state index contributed by atoms with van der Waals surface area (Å²) in [6, 6.07) is 12.2. The topological polar surface area (TPSA) is 242 Å². The number of hydrogen-bond donors (Lipinski definition) is 3. The summed E-state index contributed by atoms with van der Waals surface area (Å²) in [5, 5.41) is 17.6. The van der Waals surface area contributed by atoms with Gasteiger partial charge in [-0.3, -0.25) is 18.9 Å². The van der Waals surface area contributed by atoms with Gasteiger partial charge >= 0.3 is 25.7 Å². The zero-order chi connectivity index (χ0) is 37.5. The smallest absolute Gasteiger partial charge is 0.459 e. The van der Waals surface area contributed by atoms with Crippen LogP contribution in [0.4, 0.5) is 5.82 Å². The number of para-hydroxylation sites is 1. The van der Waals surface area contributed by atoms with Crippen LogP contribution in [0.1, 0.15) is 71.1 Å². The van der Waals surface area contributed by atoms with Gasteiger partial charge in [0.1, 0.15) is 42.4 Å². The van der Waals surface area contributed by atoms with Crippen molar-refractivity contribution in [3.8, 4) is 11.8 Å². The highest BCUT2D eigenvalue weighted by Gasteiger charge is 2.62. The van der Waals surface area contributed by atoms with E-state index in [1.807, 2.05) is 6.07 Å². The van der Waals surface area contributed by atoms with Crippen molar-refractivity contribution in [1.29, 1.82) is 5.26 Å². The Morgan fingerprint density at radius 2 is 1.79 bits per heavy atom. The predicted octanol–water partition coefficient (Wildman–Crippen LogP) is 3.53. The van der Waals surface area contributed by atoms with Crippen LogP contribution in [-0.4, -0.2) is 75.6 Å². The number of nitrogen functional groups attached to an aromatic ring is 1. The Hall–Kier alpha value is -4.59. The minimum absolute atomic E-state index is 0.0515. The highest BCUT2D eigenvalue weighted by Crippen LogP contribution is 2.50. The fourth-order valence-corrected chi connectivity index (χ4v) is 7.57. The van der Waals surface area contributed by atoms with Crippen LogP contribution in [0.15, 0.2) is 48.8 Å². The van der Waals surface area contributed by atoms with Crippen LogP contribution in [-0.2, 0) is 42.4 Å². The van der Waals surface area contributed by atoms with E-state index in [9.17, 15) is 24.2 Å². The molecule has 3 aromatic rings. The number of ether oxygens (including phenoxy) is 4. The van der Waals surface area contributed by atoms with Crippen LogP contribution in [0.2, 0.25) is 0 Å². The molecule has 52 heavy (non-hydrogen) atoms. The van der Waals surface area contributed by atoms with Gasteiger partial charge in [-0.15, -0.1) is 0 Å². The molecule has 1 saturated carbocycles. The third-order valence-electron chi connectivity index (χ3n) is 8.96. The lowest BCUT2D eigenvalue weighted by atomic mass is 9.87. The van der Waals surface area contributed by atoms with Crippen molar-refractivity contribution in [3.63, 3.8) is 0 Å². The van der Waals surface area contributed by atoms with Crippen molar-refractivity contribution in [3.05, 3.63) is 54.5 Å². The van der Waals surface area contributed by atoms with Gasteiger partial charge in [0.25, 0.3) is 0 Å². The van der Waals surface area contributed by atoms with Crippen molar-refractivity contribution in [1.82, 2.24) is 19.7 Å². The molecule has 0 bridgehead atoms. The Bertz CT molecular complexity index is 1810. The van der Waals surface area contributed by atoms with Gasteiger partial charge in [0.15, 0.2) is 18.0 Å². The first-order chi connectivity index (χ1) is 24.9. The molecule has 1 aliphatic heterocycles. The number of anilines is 1. The van der Waals surface area contributed by atoms with E-state index >= 15 is 0 Å². The minimum Gasteiger partial charge on any atom is -0.464 e. The molecule has 2 fully saturated rings. The molecule has 5 N–H and O–H groups in total. The molecular formula is C34H44N7O10P. The molecule has 1 aliphatic carbocycles. The second kappa shape index (κ2) is 16.8. The number of benzene rings is 1. The number of esters is 3. The summed E-state index contributed by atoms with van der Waals surface area (Å²) < 4.78 is 51.0. The molecule has 3 heterocycles. The average molecular weight is 742 g/mol. The van der Waals surface area contributed by atoms with Crippen molar-refractivity contribution in [2.75, 3.05) is 18.9 Å². The van der Waals surface area contributed by atoms with Crippen LogP contribution >= 0.6 is 7.75 Å². The van der Waals surface area contributed by atoms with Gasteiger partial charge in [-0.05, 0) is 62.8 Å². The van der Waals surface area contributed by atoms with Gasteiger partial charge in [-0.1, -0.05) is 32.0 Å². The van der Waals surface area contributed by atoms with Crippen LogP contribution in [0, 0.1) is 17.2 Å². The van der Waals surface area contributed by atoms with E-state index < -0.39 is 62.2 Å². The molecule has 0 spiro atoms. The Morgan fingerprint density at radius 1 is 1.10 bits per heavy atom. The molecule has 1 aromatic carbocycles. The summed E-state index contributed by atoms with van der Waals surface area (Å²) in [5.74, 6) is -1.70. The quantitative estimate of drug-likeness (QED) is 0.115. The maximum Gasteiger partial charge on any atom is 0.459 e. The number of nitrogens with one attached hydrogen (secondary N) is 1. The Morgan fingerprint density at radius 3 is 2.46 bits per heavy atom. The maximum atomic E-state index is 14.5. The third kappa shape index (κ3) is 8.88. The number of aromatic nitrogens is 3. The van der Waals surface area contributed by atoms with E-state index in [-0.39, 0.29) is 48.7 Å². The van der Waals surface area contributed by atoms with Crippen molar-refractivity contribution >= 4 is 37.0 Å². The fourth-order valence-electron chi connectivity index (χ4n) is 6.05. The lowest BCUT2D eigenvalue weighted by Crippen LogP contribution is -2.49. The SMILES string of the molecule is CCC(=O)O[C@H]1[C@H](c2ccc3c(N)ncnn23)O[C@](C#N)(COP(=O)(N[C@@H](C)C(=O)OCC2CCC(N)CC2)Oc2ccccc2)[C@H]1OC(=O)CC. The molecule has 2 aliphatic rings. The van der Waals surface area contributed by atoms with Gasteiger partial charge in [-0.2, -0.15) is 15.4 Å². The van der Waals surface area contributed by atoms with E-state index in [2.05, 4.69) is 15.2 Å². The maximum absolute atomic E-state index is 14.5. The Labute approximate surface area is 300 Å². The van der Waals surface area contributed by atoms with E-state index in [4.69, 9.17) is 39.5 Å². The zero-order valence-electron chi connectivity index (χ0n) is 29.2. The first-order valence-electron chi connectivity index (χ1n) is 17.2. The van der Waals surface area contributed by atoms with Crippen LogP contribution in [0.25, 0.3) is 5.52 Å². The summed E-state index contributed by atoms with van der Waals surface area (Å²) >= 11 is 0. The molecule has 0 radical (unpaired) electrons. The standard InChI is InChI=1S/C34H44N7O10P/c1-4-27(42)48-30-29(25-15-16-26-32(37)38-20-39-41(25)26)50-34(18-35,31(30)49-28(43)5-2)19-47-52(45,51-24-9-7-6-8-10-24)40-21(3)33(44)46-17-22-11-13-23(36)14-12-22/h6-10,15-16,20-23,29-31H,4-5,11-14,17,19,36H2,1-3H3,(H,40,45)(H2,37,38,39)/t21-,22?,23?,29-,30-,31-,34+,52?/m0/s1. The first kappa shape index (κ1) is 38.6. The summed E-state index contributed by atoms with van der Waals surface area (Å²) in [4.78, 5) is 42.7. The zero-order valence-corrected chi connectivity index (χ0v) is 30.1. The second-order valence-electron chi connectivity index (χ2n) is 12.7. The first-order valence-corrected chi connectivity index (χ1v) is 18.7. The van der Waals surface area contributed by atoms with Gasteiger partial charge in [0, 0.05) is 18.9 Å². The molecule has 1 saturated heterocycles. The van der Waals surface area contributed by atoms with E-state index in [0.29, 0.717) is 5.52 Å².